The maximum atomic E-state index is 12.2. The molecular weight excluding hydrogens is 314 g/mol. The smallest absolute Gasteiger partial charge is 0.211 e. The van der Waals surface area contributed by atoms with Crippen molar-refractivity contribution in [1.29, 1.82) is 0 Å². The summed E-state index contributed by atoms with van der Waals surface area (Å²) in [5.41, 5.74) is 0.189. The van der Waals surface area contributed by atoms with E-state index >= 15 is 0 Å². The second-order valence-corrected chi connectivity index (χ2v) is 7.55. The van der Waals surface area contributed by atoms with Crippen LogP contribution in [0.5, 0.6) is 0 Å². The zero-order chi connectivity index (χ0) is 13.2. The molecule has 1 aromatic rings. The van der Waals surface area contributed by atoms with Gasteiger partial charge in [-0.2, -0.15) is 0 Å². The van der Waals surface area contributed by atoms with Crippen LogP contribution in [0, 0.1) is 5.41 Å². The molecule has 1 aliphatic carbocycles. The standard InChI is InChI=1S/C13H18BrNO2S/c1-2-13(8-5-9-13)10-15-18(16,17)12-7-4-3-6-11(12)14/h3-4,6-7,15H,2,5,8-10H2,1H3. The summed E-state index contributed by atoms with van der Waals surface area (Å²) in [5, 5.41) is 0. The van der Waals surface area contributed by atoms with Crippen LogP contribution in [0.15, 0.2) is 33.6 Å². The average molecular weight is 332 g/mol. The lowest BCUT2D eigenvalue weighted by atomic mass is 9.67. The van der Waals surface area contributed by atoms with Crippen LogP contribution in [0.3, 0.4) is 0 Å². The van der Waals surface area contributed by atoms with Gasteiger partial charge in [0.25, 0.3) is 0 Å². The molecule has 1 aromatic carbocycles. The molecule has 3 nitrogen and oxygen atoms in total. The maximum Gasteiger partial charge on any atom is 0.241 e. The minimum atomic E-state index is -3.41. The third-order valence-electron chi connectivity index (χ3n) is 3.93. The molecule has 18 heavy (non-hydrogen) atoms. The summed E-state index contributed by atoms with van der Waals surface area (Å²) in [4.78, 5) is 0.315. The first-order chi connectivity index (χ1) is 8.49. The Bertz CT molecular complexity index is 518. The number of benzene rings is 1. The van der Waals surface area contributed by atoms with E-state index in [4.69, 9.17) is 0 Å². The molecule has 1 N–H and O–H groups in total. The van der Waals surface area contributed by atoms with Gasteiger partial charge in [-0.15, -0.1) is 0 Å². The highest BCUT2D eigenvalue weighted by atomic mass is 79.9. The SMILES string of the molecule is CCC1(CNS(=O)(=O)c2ccccc2Br)CCC1. The van der Waals surface area contributed by atoms with Crippen molar-refractivity contribution in [3.05, 3.63) is 28.7 Å². The molecule has 0 amide bonds. The van der Waals surface area contributed by atoms with Gasteiger partial charge in [0.15, 0.2) is 0 Å². The molecule has 1 saturated carbocycles. The first kappa shape index (κ1) is 14.0. The van der Waals surface area contributed by atoms with Gasteiger partial charge in [-0.05, 0) is 52.7 Å². The van der Waals surface area contributed by atoms with Crippen molar-refractivity contribution in [3.8, 4) is 0 Å². The Morgan fingerprint density at radius 3 is 2.50 bits per heavy atom. The Morgan fingerprint density at radius 1 is 1.33 bits per heavy atom. The zero-order valence-electron chi connectivity index (χ0n) is 10.4. The third-order valence-corrected chi connectivity index (χ3v) is 6.34. The molecule has 5 heteroatoms. The van der Waals surface area contributed by atoms with E-state index in [0.717, 1.165) is 19.3 Å². The number of rotatable bonds is 5. The van der Waals surface area contributed by atoms with Crippen LogP contribution in [0.1, 0.15) is 32.6 Å². The van der Waals surface area contributed by atoms with Gasteiger partial charge >= 0.3 is 0 Å². The Morgan fingerprint density at radius 2 is 2.00 bits per heavy atom. The van der Waals surface area contributed by atoms with E-state index in [-0.39, 0.29) is 5.41 Å². The molecule has 0 radical (unpaired) electrons. The fourth-order valence-electron chi connectivity index (χ4n) is 2.32. The molecule has 0 spiro atoms. The van der Waals surface area contributed by atoms with Crippen molar-refractivity contribution in [3.63, 3.8) is 0 Å². The number of hydrogen-bond donors (Lipinski definition) is 1. The summed E-state index contributed by atoms with van der Waals surface area (Å²) in [6.45, 7) is 2.68. The highest BCUT2D eigenvalue weighted by Crippen LogP contribution is 2.43. The van der Waals surface area contributed by atoms with Crippen LogP contribution in [-0.2, 0) is 10.0 Å². The molecule has 0 aromatic heterocycles. The lowest BCUT2D eigenvalue weighted by molar-refractivity contribution is 0.133. The molecule has 0 unspecified atom stereocenters. The van der Waals surface area contributed by atoms with Crippen LogP contribution in [-0.4, -0.2) is 15.0 Å². The van der Waals surface area contributed by atoms with Crippen molar-refractivity contribution >= 4 is 26.0 Å². The monoisotopic (exact) mass is 331 g/mol. The van der Waals surface area contributed by atoms with E-state index < -0.39 is 10.0 Å². The van der Waals surface area contributed by atoms with E-state index in [9.17, 15) is 8.42 Å². The predicted octanol–water partition coefficient (Wildman–Crippen LogP) is 3.31. The molecule has 100 valence electrons. The molecule has 2 rings (SSSR count). The Hall–Kier alpha value is -0.390. The summed E-state index contributed by atoms with van der Waals surface area (Å²) in [5.74, 6) is 0. The van der Waals surface area contributed by atoms with Gasteiger partial charge in [-0.3, -0.25) is 0 Å². The van der Waals surface area contributed by atoms with Gasteiger partial charge in [-0.25, -0.2) is 13.1 Å². The molecule has 0 heterocycles. The third kappa shape index (κ3) is 2.78. The summed E-state index contributed by atoms with van der Waals surface area (Å²) >= 11 is 3.28. The Kier molecular flexibility index (Phi) is 4.14. The van der Waals surface area contributed by atoms with Crippen LogP contribution in [0.4, 0.5) is 0 Å². The van der Waals surface area contributed by atoms with E-state index in [0.29, 0.717) is 15.9 Å². The molecular formula is C13H18BrNO2S. The number of sulfonamides is 1. The minimum Gasteiger partial charge on any atom is -0.211 e. The topological polar surface area (TPSA) is 46.2 Å². The highest BCUT2D eigenvalue weighted by molar-refractivity contribution is 9.10. The molecule has 1 aliphatic rings. The van der Waals surface area contributed by atoms with Crippen molar-refractivity contribution in [2.75, 3.05) is 6.54 Å². The van der Waals surface area contributed by atoms with Crippen molar-refractivity contribution in [2.45, 2.75) is 37.5 Å². The molecule has 1 fully saturated rings. The van der Waals surface area contributed by atoms with Gasteiger partial charge < -0.3 is 0 Å². The van der Waals surface area contributed by atoms with Crippen molar-refractivity contribution in [1.82, 2.24) is 4.72 Å². The number of hydrogen-bond acceptors (Lipinski definition) is 2. The van der Waals surface area contributed by atoms with E-state index in [1.165, 1.54) is 6.42 Å². The first-order valence-electron chi connectivity index (χ1n) is 6.23. The lowest BCUT2D eigenvalue weighted by Gasteiger charge is -2.41. The lowest BCUT2D eigenvalue weighted by Crippen LogP contribution is -2.41. The second kappa shape index (κ2) is 5.31. The predicted molar refractivity (Wildman–Crippen MR) is 75.9 cm³/mol. The largest absolute Gasteiger partial charge is 0.241 e. The van der Waals surface area contributed by atoms with Gasteiger partial charge in [0, 0.05) is 11.0 Å². The van der Waals surface area contributed by atoms with E-state index in [2.05, 4.69) is 27.6 Å². The highest BCUT2D eigenvalue weighted by Gasteiger charge is 2.36. The summed E-state index contributed by atoms with van der Waals surface area (Å²) in [6, 6.07) is 6.90. The second-order valence-electron chi connectivity index (χ2n) is 4.96. The normalized spacial score (nSPS) is 18.3. The summed E-state index contributed by atoms with van der Waals surface area (Å²) in [6.07, 6.45) is 4.50. The number of halogens is 1. The quantitative estimate of drug-likeness (QED) is 0.899. The number of nitrogens with one attached hydrogen (secondary N) is 1. The molecule has 0 saturated heterocycles. The molecule has 0 aliphatic heterocycles. The van der Waals surface area contributed by atoms with Gasteiger partial charge in [-0.1, -0.05) is 25.5 Å². The van der Waals surface area contributed by atoms with Crippen LogP contribution >= 0.6 is 15.9 Å². The maximum absolute atomic E-state index is 12.2. The summed E-state index contributed by atoms with van der Waals surface area (Å²) < 4.78 is 27.8. The summed E-state index contributed by atoms with van der Waals surface area (Å²) in [7, 11) is -3.41. The average Bonchev–Trinajstić information content (AvgIpc) is 2.28. The van der Waals surface area contributed by atoms with E-state index in [1.807, 2.05) is 6.07 Å². The van der Waals surface area contributed by atoms with E-state index in [1.54, 1.807) is 18.2 Å². The molecule has 0 bridgehead atoms. The minimum absolute atomic E-state index is 0.189. The Labute approximate surface area is 117 Å². The van der Waals surface area contributed by atoms with Gasteiger partial charge in [0.1, 0.15) is 0 Å². The van der Waals surface area contributed by atoms with Crippen LogP contribution in [0.2, 0.25) is 0 Å². The zero-order valence-corrected chi connectivity index (χ0v) is 12.9. The van der Waals surface area contributed by atoms with Crippen molar-refractivity contribution in [2.24, 2.45) is 5.41 Å². The van der Waals surface area contributed by atoms with Crippen LogP contribution in [0.25, 0.3) is 0 Å². The van der Waals surface area contributed by atoms with Crippen LogP contribution < -0.4 is 4.72 Å². The first-order valence-corrected chi connectivity index (χ1v) is 8.51. The Balaban J connectivity index is 2.11. The van der Waals surface area contributed by atoms with Gasteiger partial charge in [0.2, 0.25) is 10.0 Å². The fraction of sp³-hybridized carbons (Fsp3) is 0.538. The van der Waals surface area contributed by atoms with Gasteiger partial charge in [0.05, 0.1) is 4.90 Å². The fourth-order valence-corrected chi connectivity index (χ4v) is 4.48. The molecule has 0 atom stereocenters. The van der Waals surface area contributed by atoms with Crippen molar-refractivity contribution < 1.29 is 8.42 Å².